The summed E-state index contributed by atoms with van der Waals surface area (Å²) in [6.07, 6.45) is 0.199. The van der Waals surface area contributed by atoms with Gasteiger partial charge in [-0.1, -0.05) is 5.16 Å². The van der Waals surface area contributed by atoms with Gasteiger partial charge < -0.3 is 14.3 Å². The van der Waals surface area contributed by atoms with Gasteiger partial charge >= 0.3 is 11.9 Å². The molecule has 0 fully saturated rings. The fraction of sp³-hybridized carbons (Fsp3) is 0.571. The van der Waals surface area contributed by atoms with Gasteiger partial charge in [0, 0.05) is 0 Å². The summed E-state index contributed by atoms with van der Waals surface area (Å²) in [6, 6.07) is 0. The van der Waals surface area contributed by atoms with Crippen molar-refractivity contribution in [1.82, 2.24) is 0 Å². The van der Waals surface area contributed by atoms with Crippen LogP contribution in [-0.4, -0.2) is 38.5 Å². The third-order valence-corrected chi connectivity index (χ3v) is 1.63. The number of oxime groups is 1. The summed E-state index contributed by atoms with van der Waals surface area (Å²) < 4.78 is 8.85. The van der Waals surface area contributed by atoms with Crippen LogP contribution in [0.2, 0.25) is 0 Å². The zero-order valence-corrected chi connectivity index (χ0v) is 7.22. The van der Waals surface area contributed by atoms with Crippen molar-refractivity contribution < 1.29 is 23.9 Å². The predicted molar refractivity (Wildman–Crippen MR) is 40.9 cm³/mol. The second kappa shape index (κ2) is 3.88. The number of hydrogen-bond acceptors (Lipinski definition) is 6. The number of hydrogen-bond donors (Lipinski definition) is 0. The van der Waals surface area contributed by atoms with Crippen LogP contribution in [0.5, 0.6) is 0 Å². The Balaban J connectivity index is 2.67. The molecule has 0 bridgehead atoms. The lowest BCUT2D eigenvalue weighted by atomic mass is 10.1. The average Bonchev–Trinajstić information content (AvgIpc) is 2.63. The lowest BCUT2D eigenvalue weighted by Gasteiger charge is -2.11. The summed E-state index contributed by atoms with van der Waals surface area (Å²) in [7, 11) is 2.43. The average molecular weight is 187 g/mol. The molecular weight excluding hydrogens is 178 g/mol. The number of nitrogens with zero attached hydrogens (tertiary/aromatic N) is 1. The molecule has 0 spiro atoms. The highest BCUT2D eigenvalue weighted by molar-refractivity contribution is 5.97. The molecule has 0 radical (unpaired) electrons. The quantitative estimate of drug-likeness (QED) is 0.536. The van der Waals surface area contributed by atoms with Crippen molar-refractivity contribution in [3.8, 4) is 0 Å². The Hall–Kier alpha value is -1.59. The normalized spacial score (nSPS) is 25.1. The van der Waals surface area contributed by atoms with E-state index in [1.54, 1.807) is 0 Å². The fourth-order valence-corrected chi connectivity index (χ4v) is 0.936. The van der Waals surface area contributed by atoms with Crippen LogP contribution in [0.1, 0.15) is 0 Å². The minimum atomic E-state index is -1.02. The first-order valence-corrected chi connectivity index (χ1v) is 3.55. The molecule has 1 aliphatic rings. The van der Waals surface area contributed by atoms with Crippen LogP contribution in [0, 0.1) is 5.92 Å². The Kier molecular flexibility index (Phi) is 2.84. The Labute approximate surface area is 74.4 Å². The second-order valence-corrected chi connectivity index (χ2v) is 2.35. The highest BCUT2D eigenvalue weighted by Gasteiger charge is 2.40. The van der Waals surface area contributed by atoms with Crippen molar-refractivity contribution in [2.75, 3.05) is 14.2 Å². The maximum atomic E-state index is 11.0. The lowest BCUT2D eigenvalue weighted by molar-refractivity contribution is -0.161. The molecule has 1 aliphatic heterocycles. The molecule has 0 aromatic heterocycles. The number of esters is 2. The first kappa shape index (κ1) is 9.50. The first-order valence-electron chi connectivity index (χ1n) is 3.55. The van der Waals surface area contributed by atoms with Crippen LogP contribution >= 0.6 is 0 Å². The van der Waals surface area contributed by atoms with Crippen LogP contribution in [0.15, 0.2) is 5.16 Å². The van der Waals surface area contributed by atoms with Crippen molar-refractivity contribution in [3.05, 3.63) is 0 Å². The van der Waals surface area contributed by atoms with Gasteiger partial charge in [0.25, 0.3) is 0 Å². The first-order chi connectivity index (χ1) is 6.20. The zero-order valence-electron chi connectivity index (χ0n) is 7.22. The molecular formula is C7H9NO5. The molecule has 0 N–H and O–H groups in total. The van der Waals surface area contributed by atoms with E-state index in [9.17, 15) is 9.59 Å². The maximum absolute atomic E-state index is 11.0. The van der Waals surface area contributed by atoms with Crippen LogP contribution in [-0.2, 0) is 23.9 Å². The summed E-state index contributed by atoms with van der Waals surface area (Å²) in [6.45, 7) is 0. The highest BCUT2D eigenvalue weighted by Crippen LogP contribution is 2.15. The van der Waals surface area contributed by atoms with Gasteiger partial charge in [-0.3, -0.25) is 4.79 Å². The van der Waals surface area contributed by atoms with Crippen molar-refractivity contribution in [3.63, 3.8) is 0 Å². The topological polar surface area (TPSA) is 74.2 Å². The monoisotopic (exact) mass is 187 g/mol. The molecule has 0 aliphatic carbocycles. The van der Waals surface area contributed by atoms with Crippen molar-refractivity contribution in [2.45, 2.75) is 6.10 Å². The molecule has 0 saturated heterocycles. The van der Waals surface area contributed by atoms with E-state index in [-0.39, 0.29) is 0 Å². The Morgan fingerprint density at radius 1 is 1.31 bits per heavy atom. The number of methoxy groups -OCH3 is 2. The second-order valence-electron chi connectivity index (χ2n) is 2.35. The highest BCUT2D eigenvalue weighted by atomic mass is 16.7. The van der Waals surface area contributed by atoms with E-state index in [1.807, 2.05) is 0 Å². The zero-order chi connectivity index (χ0) is 9.84. The molecule has 2 unspecified atom stereocenters. The molecule has 6 heteroatoms. The number of carbonyl (C=O) groups excluding carboxylic acids is 2. The van der Waals surface area contributed by atoms with E-state index >= 15 is 0 Å². The van der Waals surface area contributed by atoms with Gasteiger partial charge in [-0.15, -0.1) is 0 Å². The molecule has 0 aromatic rings. The molecule has 13 heavy (non-hydrogen) atoms. The van der Waals surface area contributed by atoms with Crippen LogP contribution in [0.25, 0.3) is 0 Å². The smallest absolute Gasteiger partial charge is 0.351 e. The number of carbonyl (C=O) groups is 2. The molecule has 1 heterocycles. The molecule has 2 atom stereocenters. The summed E-state index contributed by atoms with van der Waals surface area (Å²) in [5.41, 5.74) is 0. The minimum Gasteiger partial charge on any atom is -0.468 e. The van der Waals surface area contributed by atoms with Crippen molar-refractivity contribution in [1.29, 1.82) is 0 Å². The summed E-state index contributed by atoms with van der Waals surface area (Å²) in [4.78, 5) is 26.7. The van der Waals surface area contributed by atoms with Crippen molar-refractivity contribution >= 4 is 18.2 Å². The summed E-state index contributed by atoms with van der Waals surface area (Å²) in [5, 5.41) is 3.36. The third kappa shape index (κ3) is 1.77. The molecule has 6 nitrogen and oxygen atoms in total. The largest absolute Gasteiger partial charge is 0.468 e. The van der Waals surface area contributed by atoms with E-state index in [0.29, 0.717) is 0 Å². The van der Waals surface area contributed by atoms with Gasteiger partial charge in [0.05, 0.1) is 20.4 Å². The van der Waals surface area contributed by atoms with Gasteiger partial charge in [-0.2, -0.15) is 0 Å². The summed E-state index contributed by atoms with van der Waals surface area (Å²) in [5.74, 6) is -2.03. The number of rotatable bonds is 2. The SMILES string of the molecule is COC(=O)C1C=NOC1C(=O)OC. The summed E-state index contributed by atoms with van der Waals surface area (Å²) >= 11 is 0. The van der Waals surface area contributed by atoms with E-state index in [0.717, 1.165) is 0 Å². The van der Waals surface area contributed by atoms with Gasteiger partial charge in [0.2, 0.25) is 6.10 Å². The van der Waals surface area contributed by atoms with Gasteiger partial charge in [0.1, 0.15) is 5.92 Å². The van der Waals surface area contributed by atoms with Crippen LogP contribution in [0.3, 0.4) is 0 Å². The van der Waals surface area contributed by atoms with Gasteiger partial charge in [-0.25, -0.2) is 4.79 Å². The Morgan fingerprint density at radius 2 is 1.92 bits per heavy atom. The van der Waals surface area contributed by atoms with E-state index in [2.05, 4.69) is 19.5 Å². The molecule has 1 rings (SSSR count). The van der Waals surface area contributed by atoms with Gasteiger partial charge in [0.15, 0.2) is 0 Å². The van der Waals surface area contributed by atoms with E-state index in [4.69, 9.17) is 0 Å². The van der Waals surface area contributed by atoms with E-state index < -0.39 is 24.0 Å². The third-order valence-electron chi connectivity index (χ3n) is 1.63. The predicted octanol–water partition coefficient (Wildman–Crippen LogP) is -0.667. The van der Waals surface area contributed by atoms with Crippen LogP contribution < -0.4 is 0 Å². The molecule has 0 saturated carbocycles. The fourth-order valence-electron chi connectivity index (χ4n) is 0.936. The Bertz CT molecular complexity index is 249. The van der Waals surface area contributed by atoms with Crippen LogP contribution in [0.4, 0.5) is 0 Å². The molecule has 0 amide bonds. The maximum Gasteiger partial charge on any atom is 0.351 e. The van der Waals surface area contributed by atoms with E-state index in [1.165, 1.54) is 20.4 Å². The minimum absolute atomic E-state index is 0.573. The molecule has 0 aromatic carbocycles. The lowest BCUT2D eigenvalue weighted by Crippen LogP contribution is -2.35. The molecule has 72 valence electrons. The van der Waals surface area contributed by atoms with Gasteiger partial charge in [-0.05, 0) is 0 Å². The Morgan fingerprint density at radius 3 is 2.46 bits per heavy atom. The van der Waals surface area contributed by atoms with Crippen molar-refractivity contribution in [2.24, 2.45) is 11.1 Å². The standard InChI is InChI=1S/C7H9NO5/c1-11-6(9)4-3-8-13-5(4)7(10)12-2/h3-5H,1-2H3. The number of ether oxygens (including phenoxy) is 2.